The molecule has 1 N–H and O–H groups in total. The third-order valence-corrected chi connectivity index (χ3v) is 8.12. The SMILES string of the molecule is Cc1ccccc1-c1nc(CS(=O)(=O)c2cccc(N3CCNC4(CC4)C3)n2)ccc1C(F)(F)F. The van der Waals surface area contributed by atoms with Crippen molar-refractivity contribution in [2.24, 2.45) is 0 Å². The number of nitrogens with one attached hydrogen (secondary N) is 1. The Balaban J connectivity index is 1.46. The molecule has 2 aliphatic rings. The van der Waals surface area contributed by atoms with E-state index < -0.39 is 27.3 Å². The van der Waals surface area contributed by atoms with Gasteiger partial charge in [0.2, 0.25) is 9.84 Å². The van der Waals surface area contributed by atoms with Crippen molar-refractivity contribution < 1.29 is 21.6 Å². The fraction of sp³-hybridized carbons (Fsp3) is 0.360. The number of piperazine rings is 1. The van der Waals surface area contributed by atoms with E-state index in [1.54, 1.807) is 43.3 Å². The number of benzene rings is 1. The molecule has 5 rings (SSSR count). The fourth-order valence-corrected chi connectivity index (χ4v) is 5.73. The molecule has 35 heavy (non-hydrogen) atoms. The lowest BCUT2D eigenvalue weighted by atomic mass is 10.0. The average molecular weight is 503 g/mol. The van der Waals surface area contributed by atoms with E-state index in [-0.39, 0.29) is 22.0 Å². The van der Waals surface area contributed by atoms with Crippen molar-refractivity contribution in [3.05, 3.63) is 71.4 Å². The molecule has 1 aliphatic heterocycles. The van der Waals surface area contributed by atoms with Gasteiger partial charge in [0, 0.05) is 30.7 Å². The number of hydrogen-bond donors (Lipinski definition) is 1. The van der Waals surface area contributed by atoms with Crippen LogP contribution in [-0.2, 0) is 21.8 Å². The Bertz CT molecular complexity index is 1370. The molecule has 1 saturated heterocycles. The molecule has 1 aliphatic carbocycles. The van der Waals surface area contributed by atoms with Crippen LogP contribution in [0.4, 0.5) is 19.0 Å². The summed E-state index contributed by atoms with van der Waals surface area (Å²) in [6.07, 6.45) is -2.45. The second-order valence-corrected chi connectivity index (χ2v) is 11.2. The minimum absolute atomic E-state index is 0.0301. The summed E-state index contributed by atoms with van der Waals surface area (Å²) in [5.74, 6) is 0.0335. The van der Waals surface area contributed by atoms with Crippen molar-refractivity contribution in [1.29, 1.82) is 0 Å². The molecule has 0 atom stereocenters. The number of rotatable bonds is 5. The van der Waals surface area contributed by atoms with Gasteiger partial charge in [0.1, 0.15) is 5.82 Å². The molecule has 0 bridgehead atoms. The Hall–Kier alpha value is -2.98. The number of sulfone groups is 1. The van der Waals surface area contributed by atoms with Crippen molar-refractivity contribution in [3.63, 3.8) is 0 Å². The second kappa shape index (κ2) is 8.60. The van der Waals surface area contributed by atoms with Gasteiger partial charge in [-0.1, -0.05) is 30.3 Å². The van der Waals surface area contributed by atoms with Gasteiger partial charge in [-0.2, -0.15) is 13.2 Å². The standard InChI is InChI=1S/C25H25F3N4O2S/c1-17-5-2-3-6-19(17)23-20(25(26,27)28)10-9-18(30-23)15-35(33,34)22-8-4-7-21(31-22)32-14-13-29-24(16-32)11-12-24/h2-10,29H,11-16H2,1H3. The molecule has 3 heterocycles. The summed E-state index contributed by atoms with van der Waals surface area (Å²) >= 11 is 0. The molecular weight excluding hydrogens is 477 g/mol. The van der Waals surface area contributed by atoms with E-state index in [1.165, 1.54) is 6.07 Å². The van der Waals surface area contributed by atoms with Gasteiger partial charge < -0.3 is 10.2 Å². The summed E-state index contributed by atoms with van der Waals surface area (Å²) in [5.41, 5.74) is -0.120. The van der Waals surface area contributed by atoms with Gasteiger partial charge in [-0.3, -0.25) is 4.98 Å². The highest BCUT2D eigenvalue weighted by Crippen LogP contribution is 2.39. The first-order valence-corrected chi connectivity index (χ1v) is 13.0. The highest BCUT2D eigenvalue weighted by molar-refractivity contribution is 7.90. The highest BCUT2D eigenvalue weighted by atomic mass is 32.2. The summed E-state index contributed by atoms with van der Waals surface area (Å²) in [7, 11) is -3.94. The van der Waals surface area contributed by atoms with Crippen LogP contribution in [0.5, 0.6) is 0 Å². The third kappa shape index (κ3) is 4.90. The number of halogens is 3. The van der Waals surface area contributed by atoms with Crippen LogP contribution in [0.1, 0.15) is 29.7 Å². The Morgan fingerprint density at radius 2 is 1.80 bits per heavy atom. The number of alkyl halides is 3. The van der Waals surface area contributed by atoms with Crippen molar-refractivity contribution >= 4 is 15.7 Å². The maximum atomic E-state index is 13.7. The number of aromatic nitrogens is 2. The first kappa shape index (κ1) is 23.7. The van der Waals surface area contributed by atoms with Crippen LogP contribution in [0.25, 0.3) is 11.3 Å². The van der Waals surface area contributed by atoms with Crippen LogP contribution >= 0.6 is 0 Å². The van der Waals surface area contributed by atoms with Crippen molar-refractivity contribution in [2.75, 3.05) is 24.5 Å². The average Bonchev–Trinajstić information content (AvgIpc) is 3.56. The van der Waals surface area contributed by atoms with E-state index in [1.807, 2.05) is 0 Å². The van der Waals surface area contributed by atoms with Gasteiger partial charge in [0.15, 0.2) is 5.03 Å². The zero-order valence-corrected chi connectivity index (χ0v) is 20.0. The topological polar surface area (TPSA) is 75.2 Å². The van der Waals surface area contributed by atoms with Crippen molar-refractivity contribution in [3.8, 4) is 11.3 Å². The molecule has 1 spiro atoms. The molecule has 2 aromatic heterocycles. The maximum Gasteiger partial charge on any atom is 0.418 e. The minimum Gasteiger partial charge on any atom is -0.353 e. The van der Waals surface area contributed by atoms with Crippen molar-refractivity contribution in [1.82, 2.24) is 15.3 Å². The van der Waals surface area contributed by atoms with Crippen molar-refractivity contribution in [2.45, 2.75) is 42.3 Å². The molecule has 0 amide bonds. The Kier molecular flexibility index (Phi) is 5.83. The summed E-state index contributed by atoms with van der Waals surface area (Å²) in [4.78, 5) is 10.7. The molecule has 1 saturated carbocycles. The summed E-state index contributed by atoms with van der Waals surface area (Å²) in [5, 5.41) is 3.40. The smallest absolute Gasteiger partial charge is 0.353 e. The van der Waals surface area contributed by atoms with Gasteiger partial charge in [-0.15, -0.1) is 0 Å². The molecule has 3 aromatic rings. The molecule has 6 nitrogen and oxygen atoms in total. The first-order valence-electron chi connectivity index (χ1n) is 11.4. The summed E-state index contributed by atoms with van der Waals surface area (Å²) in [6, 6.07) is 13.5. The molecule has 1 aromatic carbocycles. The number of nitrogens with zero attached hydrogens (tertiary/aromatic N) is 3. The lowest BCUT2D eigenvalue weighted by Crippen LogP contribution is -2.52. The molecule has 2 fully saturated rings. The molecule has 10 heteroatoms. The fourth-order valence-electron chi connectivity index (χ4n) is 4.51. The van der Waals surface area contributed by atoms with Gasteiger partial charge in [0.25, 0.3) is 0 Å². The molecule has 184 valence electrons. The van der Waals surface area contributed by atoms with Gasteiger partial charge >= 0.3 is 6.18 Å². The van der Waals surface area contributed by atoms with E-state index in [2.05, 4.69) is 20.2 Å². The lowest BCUT2D eigenvalue weighted by Gasteiger charge is -2.34. The Morgan fingerprint density at radius 1 is 1.03 bits per heavy atom. The van der Waals surface area contributed by atoms with E-state index in [4.69, 9.17) is 0 Å². The van der Waals surface area contributed by atoms with Crippen LogP contribution in [0.15, 0.2) is 59.6 Å². The van der Waals surface area contributed by atoms with Crippen LogP contribution in [0, 0.1) is 6.92 Å². The molecule has 0 radical (unpaired) electrons. The summed E-state index contributed by atoms with van der Waals surface area (Å²) < 4.78 is 67.5. The second-order valence-electron chi connectivity index (χ2n) is 9.23. The maximum absolute atomic E-state index is 13.7. The van der Waals surface area contributed by atoms with Crippen LogP contribution < -0.4 is 10.2 Å². The van der Waals surface area contributed by atoms with Gasteiger partial charge in [0.05, 0.1) is 22.7 Å². The quantitative estimate of drug-likeness (QED) is 0.558. The predicted octanol–water partition coefficient (Wildman–Crippen LogP) is 4.39. The van der Waals surface area contributed by atoms with E-state index in [9.17, 15) is 21.6 Å². The van der Waals surface area contributed by atoms with Gasteiger partial charge in [-0.05, 0) is 49.6 Å². The van der Waals surface area contributed by atoms with E-state index in [0.717, 1.165) is 44.6 Å². The normalized spacial score (nSPS) is 17.5. The lowest BCUT2D eigenvalue weighted by molar-refractivity contribution is -0.137. The predicted molar refractivity (Wildman–Crippen MR) is 127 cm³/mol. The summed E-state index contributed by atoms with van der Waals surface area (Å²) in [6.45, 7) is 3.98. The highest BCUT2D eigenvalue weighted by Gasteiger charge is 2.45. The first-order chi connectivity index (χ1) is 16.6. The number of aryl methyl sites for hydroxylation is 1. The van der Waals surface area contributed by atoms with Crippen LogP contribution in [-0.4, -0.2) is 43.6 Å². The van der Waals surface area contributed by atoms with E-state index >= 15 is 0 Å². The zero-order chi connectivity index (χ0) is 24.8. The Morgan fingerprint density at radius 3 is 2.51 bits per heavy atom. The largest absolute Gasteiger partial charge is 0.418 e. The van der Waals surface area contributed by atoms with Crippen LogP contribution in [0.2, 0.25) is 0 Å². The molecule has 0 unspecified atom stereocenters. The zero-order valence-electron chi connectivity index (χ0n) is 19.1. The third-order valence-electron chi connectivity index (χ3n) is 6.58. The minimum atomic E-state index is -4.62. The van der Waals surface area contributed by atoms with Crippen LogP contribution in [0.3, 0.4) is 0 Å². The number of pyridine rings is 2. The number of anilines is 1. The monoisotopic (exact) mass is 502 g/mol. The Labute approximate surface area is 202 Å². The molecular formula is C25H25F3N4O2S. The van der Waals surface area contributed by atoms with Gasteiger partial charge in [-0.25, -0.2) is 13.4 Å². The number of hydrogen-bond acceptors (Lipinski definition) is 6. The van der Waals surface area contributed by atoms with E-state index in [0.29, 0.717) is 16.9 Å².